The number of hydrogen-bond donors (Lipinski definition) is 2. The predicted octanol–water partition coefficient (Wildman–Crippen LogP) is 1.85. The van der Waals surface area contributed by atoms with Gasteiger partial charge >= 0.3 is 7.12 Å². The molecule has 1 saturated heterocycles. The monoisotopic (exact) mass is 314 g/mol. The lowest BCUT2D eigenvalue weighted by Gasteiger charge is -2.24. The molecule has 2 heterocycles. The number of nitrogens with zero attached hydrogens (tertiary/aromatic N) is 2. The third-order valence-corrected chi connectivity index (χ3v) is 5.42. The second kappa shape index (κ2) is 5.93. The maximum absolute atomic E-state index is 10.0. The lowest BCUT2D eigenvalue weighted by Crippen LogP contribution is -2.34. The highest BCUT2D eigenvalue weighted by Gasteiger charge is 2.32. The standard InChI is InChI=1S/C17H23BN2O3/c1-2-11-6-7-12-9-14-13(17(16(11)12)18(21)22)10-19-20(14)15-5-3-4-8-23-15/h9-11,15,21-22H,2-8H2,1H3. The number of benzene rings is 1. The molecule has 2 atom stereocenters. The summed E-state index contributed by atoms with van der Waals surface area (Å²) in [6.07, 6.45) is 8.06. The molecule has 122 valence electrons. The van der Waals surface area contributed by atoms with Crippen LogP contribution in [0.1, 0.15) is 62.3 Å². The van der Waals surface area contributed by atoms with Crippen LogP contribution in [0.25, 0.3) is 10.9 Å². The second-order valence-electron chi connectivity index (χ2n) is 6.72. The highest BCUT2D eigenvalue weighted by Crippen LogP contribution is 2.37. The maximum atomic E-state index is 10.0. The van der Waals surface area contributed by atoms with Crippen molar-refractivity contribution in [2.75, 3.05) is 6.61 Å². The minimum absolute atomic E-state index is 0.0358. The first-order chi connectivity index (χ1) is 11.2. The van der Waals surface area contributed by atoms with Gasteiger partial charge in [0.25, 0.3) is 0 Å². The fourth-order valence-electron chi connectivity index (χ4n) is 4.28. The molecule has 23 heavy (non-hydrogen) atoms. The fourth-order valence-corrected chi connectivity index (χ4v) is 4.28. The van der Waals surface area contributed by atoms with Crippen LogP contribution < -0.4 is 5.46 Å². The summed E-state index contributed by atoms with van der Waals surface area (Å²) >= 11 is 0. The molecule has 2 aliphatic rings. The largest absolute Gasteiger partial charge is 0.489 e. The van der Waals surface area contributed by atoms with E-state index in [9.17, 15) is 10.0 Å². The van der Waals surface area contributed by atoms with Crippen LogP contribution in [0, 0.1) is 0 Å². The molecular formula is C17H23BN2O3. The van der Waals surface area contributed by atoms with E-state index in [1.54, 1.807) is 6.20 Å². The van der Waals surface area contributed by atoms with Crippen molar-refractivity contribution in [3.05, 3.63) is 23.4 Å². The average Bonchev–Trinajstić information content (AvgIpc) is 3.16. The quantitative estimate of drug-likeness (QED) is 0.849. The van der Waals surface area contributed by atoms with Crippen LogP contribution in [0.15, 0.2) is 12.3 Å². The van der Waals surface area contributed by atoms with Gasteiger partial charge in [0.2, 0.25) is 0 Å². The minimum Gasteiger partial charge on any atom is -0.423 e. The highest BCUT2D eigenvalue weighted by atomic mass is 16.5. The molecule has 2 aromatic rings. The van der Waals surface area contributed by atoms with Crippen molar-refractivity contribution in [2.24, 2.45) is 0 Å². The minimum atomic E-state index is -1.45. The molecular weight excluding hydrogens is 291 g/mol. The Bertz CT molecular complexity index is 722. The summed E-state index contributed by atoms with van der Waals surface area (Å²) in [6.45, 7) is 2.93. The van der Waals surface area contributed by atoms with Gasteiger partial charge in [-0.3, -0.25) is 0 Å². The van der Waals surface area contributed by atoms with Crippen molar-refractivity contribution in [2.45, 2.75) is 57.6 Å². The highest BCUT2D eigenvalue weighted by molar-refractivity contribution is 6.62. The lowest BCUT2D eigenvalue weighted by molar-refractivity contribution is -0.0366. The Morgan fingerprint density at radius 3 is 2.91 bits per heavy atom. The first kappa shape index (κ1) is 15.2. The van der Waals surface area contributed by atoms with Crippen molar-refractivity contribution in [1.29, 1.82) is 0 Å². The zero-order chi connectivity index (χ0) is 16.0. The molecule has 1 aliphatic carbocycles. The molecule has 0 radical (unpaired) electrons. The number of hydrogen-bond acceptors (Lipinski definition) is 4. The smallest absolute Gasteiger partial charge is 0.423 e. The summed E-state index contributed by atoms with van der Waals surface area (Å²) in [6, 6.07) is 2.19. The summed E-state index contributed by atoms with van der Waals surface area (Å²) in [5.74, 6) is 0.417. The van der Waals surface area contributed by atoms with Crippen LogP contribution in [0.2, 0.25) is 0 Å². The van der Waals surface area contributed by atoms with Crippen molar-refractivity contribution in [1.82, 2.24) is 9.78 Å². The first-order valence-corrected chi connectivity index (χ1v) is 8.71. The summed E-state index contributed by atoms with van der Waals surface area (Å²) in [5.41, 5.74) is 4.00. The van der Waals surface area contributed by atoms with Gasteiger partial charge in [0.05, 0.1) is 11.7 Å². The van der Waals surface area contributed by atoms with E-state index < -0.39 is 7.12 Å². The van der Waals surface area contributed by atoms with Gasteiger partial charge in [-0.2, -0.15) is 5.10 Å². The van der Waals surface area contributed by atoms with E-state index in [0.29, 0.717) is 11.4 Å². The number of aromatic nitrogens is 2. The van der Waals surface area contributed by atoms with Crippen molar-refractivity contribution < 1.29 is 14.8 Å². The Labute approximate surface area is 136 Å². The molecule has 6 heteroatoms. The SMILES string of the molecule is CCC1CCc2cc3c(cnn3C3CCCCO3)c(B(O)O)c21. The molecule has 4 rings (SSSR count). The Morgan fingerprint density at radius 2 is 2.22 bits per heavy atom. The fraction of sp³-hybridized carbons (Fsp3) is 0.588. The molecule has 0 spiro atoms. The average molecular weight is 314 g/mol. The molecule has 0 amide bonds. The molecule has 2 unspecified atom stereocenters. The van der Waals surface area contributed by atoms with E-state index in [4.69, 9.17) is 4.74 Å². The van der Waals surface area contributed by atoms with Gasteiger partial charge in [0.1, 0.15) is 0 Å². The van der Waals surface area contributed by atoms with Gasteiger partial charge in [-0.15, -0.1) is 0 Å². The van der Waals surface area contributed by atoms with Crippen LogP contribution in [-0.4, -0.2) is 33.6 Å². The molecule has 1 aromatic carbocycles. The summed E-state index contributed by atoms with van der Waals surface area (Å²) in [7, 11) is -1.45. The summed E-state index contributed by atoms with van der Waals surface area (Å²) in [5, 5.41) is 25.4. The Balaban J connectivity index is 1.89. The van der Waals surface area contributed by atoms with Crippen LogP contribution in [0.4, 0.5) is 0 Å². The molecule has 1 fully saturated rings. The topological polar surface area (TPSA) is 67.5 Å². The van der Waals surface area contributed by atoms with Gasteiger partial charge in [-0.05, 0) is 67.1 Å². The number of ether oxygens (including phenoxy) is 1. The summed E-state index contributed by atoms with van der Waals surface area (Å²) < 4.78 is 7.80. The zero-order valence-electron chi connectivity index (χ0n) is 13.5. The predicted molar refractivity (Wildman–Crippen MR) is 89.8 cm³/mol. The van der Waals surface area contributed by atoms with Crippen LogP contribution in [0.5, 0.6) is 0 Å². The van der Waals surface area contributed by atoms with Crippen LogP contribution in [0.3, 0.4) is 0 Å². The molecule has 0 saturated carbocycles. The molecule has 1 aromatic heterocycles. The first-order valence-electron chi connectivity index (χ1n) is 8.71. The number of rotatable bonds is 3. The van der Waals surface area contributed by atoms with Crippen molar-refractivity contribution >= 4 is 23.5 Å². The Kier molecular flexibility index (Phi) is 3.91. The van der Waals surface area contributed by atoms with Gasteiger partial charge in [0, 0.05) is 12.0 Å². The number of aryl methyl sites for hydroxylation is 1. The van der Waals surface area contributed by atoms with Gasteiger partial charge in [-0.25, -0.2) is 4.68 Å². The normalized spacial score (nSPS) is 24.1. The van der Waals surface area contributed by atoms with Crippen LogP contribution >= 0.6 is 0 Å². The van der Waals surface area contributed by atoms with Crippen molar-refractivity contribution in [3.63, 3.8) is 0 Å². The molecule has 5 nitrogen and oxygen atoms in total. The van der Waals surface area contributed by atoms with Crippen molar-refractivity contribution in [3.8, 4) is 0 Å². The van der Waals surface area contributed by atoms with E-state index in [2.05, 4.69) is 18.1 Å². The Morgan fingerprint density at radius 1 is 1.35 bits per heavy atom. The van der Waals surface area contributed by atoms with E-state index in [1.165, 1.54) is 5.56 Å². The van der Waals surface area contributed by atoms with Gasteiger partial charge < -0.3 is 14.8 Å². The van der Waals surface area contributed by atoms with E-state index >= 15 is 0 Å². The van der Waals surface area contributed by atoms with Gasteiger partial charge in [0.15, 0.2) is 6.23 Å². The zero-order valence-corrected chi connectivity index (χ0v) is 13.5. The van der Waals surface area contributed by atoms with E-state index in [0.717, 1.165) is 61.6 Å². The van der Waals surface area contributed by atoms with Crippen LogP contribution in [-0.2, 0) is 11.2 Å². The van der Waals surface area contributed by atoms with E-state index in [-0.39, 0.29) is 6.23 Å². The molecule has 2 N–H and O–H groups in total. The third-order valence-electron chi connectivity index (χ3n) is 5.42. The summed E-state index contributed by atoms with van der Waals surface area (Å²) in [4.78, 5) is 0. The lowest BCUT2D eigenvalue weighted by atomic mass is 9.72. The Hall–Kier alpha value is -1.37. The van der Waals surface area contributed by atoms with Gasteiger partial charge in [-0.1, -0.05) is 6.92 Å². The second-order valence-corrected chi connectivity index (χ2v) is 6.72. The van der Waals surface area contributed by atoms with E-state index in [1.807, 2.05) is 4.68 Å². The maximum Gasteiger partial charge on any atom is 0.489 e. The molecule has 0 bridgehead atoms. The molecule has 1 aliphatic heterocycles. The third kappa shape index (κ3) is 2.40. The number of fused-ring (bicyclic) bond motifs is 2.